The molecule has 0 aliphatic rings. The Kier molecular flexibility index (Phi) is 4.02. The molecule has 0 radical (unpaired) electrons. The van der Waals surface area contributed by atoms with Crippen LogP contribution in [0.1, 0.15) is 5.56 Å². The van der Waals surface area contributed by atoms with Crippen LogP contribution in [0.15, 0.2) is 18.2 Å². The van der Waals surface area contributed by atoms with E-state index in [1.807, 2.05) is 0 Å². The summed E-state index contributed by atoms with van der Waals surface area (Å²) in [6, 6.07) is 5.02. The van der Waals surface area contributed by atoms with Gasteiger partial charge < -0.3 is 9.47 Å². The molecule has 0 amide bonds. The number of ether oxygens (including phenoxy) is 2. The number of rotatable bonds is 1. The highest BCUT2D eigenvalue weighted by atomic mass is 35.5. The second-order valence-electron chi connectivity index (χ2n) is 2.59. The van der Waals surface area contributed by atoms with E-state index in [0.29, 0.717) is 16.3 Å². The van der Waals surface area contributed by atoms with Crippen molar-refractivity contribution >= 4 is 17.6 Å². The Bertz CT molecular complexity index is 429. The van der Waals surface area contributed by atoms with Crippen LogP contribution in [0.4, 0.5) is 0 Å². The lowest BCUT2D eigenvalue weighted by molar-refractivity contribution is -0.133. The van der Waals surface area contributed by atoms with E-state index in [1.54, 1.807) is 25.3 Å². The molecule has 4 heteroatoms. The van der Waals surface area contributed by atoms with Gasteiger partial charge in [-0.15, -0.1) is 0 Å². The van der Waals surface area contributed by atoms with Crippen molar-refractivity contribution in [1.82, 2.24) is 0 Å². The molecule has 0 bridgehead atoms. The van der Waals surface area contributed by atoms with Crippen LogP contribution in [0, 0.1) is 11.8 Å². The molecule has 0 aromatic heterocycles. The fraction of sp³-hybridized carbons (Fsp3) is 0.182. The second kappa shape index (κ2) is 5.28. The molecular formula is C11H9ClO3. The zero-order valence-corrected chi connectivity index (χ0v) is 9.09. The highest BCUT2D eigenvalue weighted by molar-refractivity contribution is 6.31. The SMILES string of the molecule is COC(=O)C#Cc1cc(OC)ccc1Cl. The molecule has 15 heavy (non-hydrogen) atoms. The third kappa shape index (κ3) is 3.19. The Morgan fingerprint density at radius 2 is 2.13 bits per heavy atom. The lowest BCUT2D eigenvalue weighted by atomic mass is 10.2. The summed E-state index contributed by atoms with van der Waals surface area (Å²) in [5, 5.41) is 0.465. The molecular weight excluding hydrogens is 216 g/mol. The first-order valence-corrected chi connectivity index (χ1v) is 4.48. The predicted molar refractivity (Wildman–Crippen MR) is 56.9 cm³/mol. The minimum absolute atomic E-state index is 0.465. The molecule has 0 saturated heterocycles. The lowest BCUT2D eigenvalue weighted by Crippen LogP contribution is -1.94. The van der Waals surface area contributed by atoms with E-state index in [4.69, 9.17) is 16.3 Å². The zero-order chi connectivity index (χ0) is 11.3. The quantitative estimate of drug-likeness (QED) is 0.540. The Hall–Kier alpha value is -1.66. The first-order chi connectivity index (χ1) is 7.17. The van der Waals surface area contributed by atoms with Crippen molar-refractivity contribution in [1.29, 1.82) is 0 Å². The van der Waals surface area contributed by atoms with Crippen molar-refractivity contribution < 1.29 is 14.3 Å². The Balaban J connectivity index is 3.01. The van der Waals surface area contributed by atoms with Gasteiger partial charge in [0.05, 0.1) is 19.2 Å². The van der Waals surface area contributed by atoms with Gasteiger partial charge in [0.25, 0.3) is 0 Å². The van der Waals surface area contributed by atoms with Crippen LogP contribution >= 0.6 is 11.6 Å². The number of esters is 1. The summed E-state index contributed by atoms with van der Waals surface area (Å²) in [6.45, 7) is 0. The molecule has 1 aromatic carbocycles. The van der Waals surface area contributed by atoms with Crippen molar-refractivity contribution in [2.45, 2.75) is 0 Å². The number of hydrogen-bond acceptors (Lipinski definition) is 3. The van der Waals surface area contributed by atoms with E-state index >= 15 is 0 Å². The van der Waals surface area contributed by atoms with Crippen LogP contribution in [0.25, 0.3) is 0 Å². The van der Waals surface area contributed by atoms with Crippen molar-refractivity contribution in [2.24, 2.45) is 0 Å². The first kappa shape index (κ1) is 11.4. The minimum atomic E-state index is -0.603. The average molecular weight is 225 g/mol. The van der Waals surface area contributed by atoms with Gasteiger partial charge in [-0.3, -0.25) is 0 Å². The van der Waals surface area contributed by atoms with Crippen LogP contribution in [-0.2, 0) is 9.53 Å². The van der Waals surface area contributed by atoms with E-state index in [-0.39, 0.29) is 0 Å². The van der Waals surface area contributed by atoms with Crippen LogP contribution in [0.5, 0.6) is 5.75 Å². The van der Waals surface area contributed by atoms with E-state index < -0.39 is 5.97 Å². The van der Waals surface area contributed by atoms with Crippen molar-refractivity contribution in [3.63, 3.8) is 0 Å². The molecule has 0 unspecified atom stereocenters. The van der Waals surface area contributed by atoms with Crippen molar-refractivity contribution in [3.8, 4) is 17.6 Å². The monoisotopic (exact) mass is 224 g/mol. The van der Waals surface area contributed by atoms with Gasteiger partial charge in [0.15, 0.2) is 0 Å². The standard InChI is InChI=1S/C11H9ClO3/c1-14-9-4-5-10(12)8(7-9)3-6-11(13)15-2/h4-5,7H,1-2H3. The van der Waals surface area contributed by atoms with Gasteiger partial charge in [-0.1, -0.05) is 17.5 Å². The maximum Gasteiger partial charge on any atom is 0.384 e. The third-order valence-electron chi connectivity index (χ3n) is 1.66. The molecule has 0 aliphatic heterocycles. The maximum absolute atomic E-state index is 10.8. The Morgan fingerprint density at radius 3 is 2.73 bits per heavy atom. The minimum Gasteiger partial charge on any atom is -0.497 e. The number of hydrogen-bond donors (Lipinski definition) is 0. The van der Waals surface area contributed by atoms with Gasteiger partial charge >= 0.3 is 5.97 Å². The fourth-order valence-corrected chi connectivity index (χ4v) is 1.06. The number of benzene rings is 1. The molecule has 0 spiro atoms. The number of methoxy groups -OCH3 is 2. The average Bonchev–Trinajstić information content (AvgIpc) is 2.27. The van der Waals surface area contributed by atoms with Gasteiger partial charge in [-0.25, -0.2) is 4.79 Å². The van der Waals surface area contributed by atoms with E-state index in [9.17, 15) is 4.79 Å². The summed E-state index contributed by atoms with van der Waals surface area (Å²) < 4.78 is 9.38. The molecule has 0 saturated carbocycles. The normalized spacial score (nSPS) is 8.73. The van der Waals surface area contributed by atoms with Crippen LogP contribution in [-0.4, -0.2) is 20.2 Å². The molecule has 1 aromatic rings. The summed E-state index contributed by atoms with van der Waals surface area (Å²) in [4.78, 5) is 10.8. The van der Waals surface area contributed by atoms with Gasteiger partial charge in [0.2, 0.25) is 0 Å². The summed E-state index contributed by atoms with van der Waals surface area (Å²) >= 11 is 5.87. The van der Waals surface area contributed by atoms with Gasteiger partial charge in [-0.2, -0.15) is 0 Å². The molecule has 0 aliphatic carbocycles. The van der Waals surface area contributed by atoms with E-state index in [0.717, 1.165) is 0 Å². The maximum atomic E-state index is 10.8. The van der Waals surface area contributed by atoms with Crippen LogP contribution in [0.3, 0.4) is 0 Å². The number of carbonyl (C=O) groups excluding carboxylic acids is 1. The Labute approximate surface area is 92.9 Å². The van der Waals surface area contributed by atoms with Crippen molar-refractivity contribution in [3.05, 3.63) is 28.8 Å². The Morgan fingerprint density at radius 1 is 1.40 bits per heavy atom. The molecule has 1 rings (SSSR count). The second-order valence-corrected chi connectivity index (χ2v) is 2.99. The highest BCUT2D eigenvalue weighted by Gasteiger charge is 2.00. The molecule has 0 N–H and O–H groups in total. The largest absolute Gasteiger partial charge is 0.497 e. The third-order valence-corrected chi connectivity index (χ3v) is 1.99. The predicted octanol–water partition coefficient (Wildman–Crippen LogP) is 1.87. The van der Waals surface area contributed by atoms with E-state index in [2.05, 4.69) is 16.6 Å². The molecule has 0 atom stereocenters. The van der Waals surface area contributed by atoms with Crippen LogP contribution < -0.4 is 4.74 Å². The van der Waals surface area contributed by atoms with Gasteiger partial charge in [0, 0.05) is 11.5 Å². The fourth-order valence-electron chi connectivity index (χ4n) is 0.897. The number of halogens is 1. The topological polar surface area (TPSA) is 35.5 Å². The number of carbonyl (C=O) groups is 1. The van der Waals surface area contributed by atoms with Crippen LogP contribution in [0.2, 0.25) is 5.02 Å². The first-order valence-electron chi connectivity index (χ1n) is 4.11. The smallest absolute Gasteiger partial charge is 0.384 e. The summed E-state index contributed by atoms with van der Waals surface area (Å²) in [5.41, 5.74) is 0.529. The zero-order valence-electron chi connectivity index (χ0n) is 8.33. The van der Waals surface area contributed by atoms with Gasteiger partial charge in [0.1, 0.15) is 5.75 Å². The van der Waals surface area contributed by atoms with E-state index in [1.165, 1.54) is 7.11 Å². The molecule has 0 heterocycles. The summed E-state index contributed by atoms with van der Waals surface area (Å²) in [5.74, 6) is 4.92. The highest BCUT2D eigenvalue weighted by Crippen LogP contribution is 2.20. The van der Waals surface area contributed by atoms with Crippen molar-refractivity contribution in [2.75, 3.05) is 14.2 Å². The molecule has 0 fully saturated rings. The lowest BCUT2D eigenvalue weighted by Gasteiger charge is -2.00. The molecule has 78 valence electrons. The molecule has 3 nitrogen and oxygen atoms in total. The summed E-state index contributed by atoms with van der Waals surface area (Å²) in [6.07, 6.45) is 0. The summed E-state index contributed by atoms with van der Waals surface area (Å²) in [7, 11) is 2.81. The van der Waals surface area contributed by atoms with Gasteiger partial charge in [-0.05, 0) is 18.2 Å².